The van der Waals surface area contributed by atoms with Gasteiger partial charge in [0.25, 0.3) is 23.6 Å². The van der Waals surface area contributed by atoms with Crippen LogP contribution in [0.5, 0.6) is 23.0 Å². The average molecular weight is 1330 g/mol. The lowest BCUT2D eigenvalue weighted by Crippen LogP contribution is -2.53. The Morgan fingerprint density at radius 3 is 1.47 bits per heavy atom. The highest BCUT2D eigenvalue weighted by Crippen LogP contribution is 2.44. The van der Waals surface area contributed by atoms with E-state index in [-0.39, 0.29) is 62.3 Å². The van der Waals surface area contributed by atoms with Crippen molar-refractivity contribution in [1.82, 2.24) is 25.3 Å². The molecule has 94 heavy (non-hydrogen) atoms. The number of nitrogens with zero attached hydrogens (tertiary/aromatic N) is 6. The van der Waals surface area contributed by atoms with Gasteiger partial charge in [-0.15, -0.1) is 0 Å². The summed E-state index contributed by atoms with van der Waals surface area (Å²) in [6.45, 7) is 23.6. The largest absolute Gasteiger partial charge is 0.493 e. The molecule has 0 radical (unpaired) electrons. The van der Waals surface area contributed by atoms with E-state index in [1.165, 1.54) is 30.9 Å². The minimum atomic E-state index is -1.52. The second kappa shape index (κ2) is 30.4. The Bertz CT molecular complexity index is 3510. The Morgan fingerprint density at radius 2 is 1.04 bits per heavy atom. The molecule has 0 unspecified atom stereocenters. The van der Waals surface area contributed by atoms with Gasteiger partial charge in [-0.1, -0.05) is 77.4 Å². The molecule has 4 N–H and O–H groups in total. The first-order valence-corrected chi connectivity index (χ1v) is 39.9. The summed E-state index contributed by atoms with van der Waals surface area (Å²) in [6.07, 6.45) is 4.60. The third-order valence-electron chi connectivity index (χ3n) is 17.6. The van der Waals surface area contributed by atoms with Crippen molar-refractivity contribution >= 4 is 91.6 Å². The van der Waals surface area contributed by atoms with Gasteiger partial charge in [0.1, 0.15) is 37.6 Å². The molecule has 0 aliphatic carbocycles. The molecule has 5 heterocycles. The number of hydrogen-bond donors (Lipinski definition) is 4. The molecule has 1 fully saturated rings. The predicted molar refractivity (Wildman–Crippen MR) is 367 cm³/mol. The van der Waals surface area contributed by atoms with Crippen LogP contribution in [0.1, 0.15) is 84.7 Å². The number of rotatable bonds is 29. The molecule has 25 heteroatoms. The number of unbranched alkanes of at least 4 members (excludes halogenated alkanes) is 2. The van der Waals surface area contributed by atoms with Crippen LogP contribution in [0.15, 0.2) is 85.2 Å². The number of likely N-dealkylation sites (N-methyl/N-ethyl adjacent to an activating group) is 1. The second-order valence-corrected chi connectivity index (χ2v) is 38.7. The summed E-state index contributed by atoms with van der Waals surface area (Å²) in [5, 5.41) is 16.7. The van der Waals surface area contributed by atoms with Gasteiger partial charge in [-0.25, -0.2) is 4.79 Å². The highest BCUT2D eigenvalue weighted by molar-refractivity contribution is 6.76. The SMILES string of the molecule is COc1cc2c(cc1OCCCCCOc1cc3c(cc1OC)C(=O)N1C=C(c4ccc(N5CCN(C)CC5)cc4)C[C@H]1C(=O)N3COCC[Si](C)(C)C)N(COCC[Si](C)(C)C)C(=O)[C@@H]1CC(c3ccc(NC(=O)[C@H](C)NC(=O)[C@@H](NC(=O)O)C(C)C)cc3)=CN1C2=O. The summed E-state index contributed by atoms with van der Waals surface area (Å²) in [5.74, 6) is -1.43. The van der Waals surface area contributed by atoms with Crippen molar-refractivity contribution in [1.29, 1.82) is 0 Å². The maximum atomic E-state index is 14.9. The number of piperazine rings is 1. The molecule has 506 valence electrons. The van der Waals surface area contributed by atoms with Crippen molar-refractivity contribution in [3.63, 3.8) is 0 Å². The van der Waals surface area contributed by atoms with Gasteiger partial charge in [0.05, 0.1) is 49.9 Å². The van der Waals surface area contributed by atoms with Crippen LogP contribution in [0.3, 0.4) is 0 Å². The lowest BCUT2D eigenvalue weighted by Gasteiger charge is -2.34. The number of carbonyl (C=O) groups excluding carboxylic acids is 6. The van der Waals surface area contributed by atoms with Crippen LogP contribution in [0.2, 0.25) is 51.4 Å². The summed E-state index contributed by atoms with van der Waals surface area (Å²) < 4.78 is 37.0. The lowest BCUT2D eigenvalue weighted by molar-refractivity contribution is -0.128. The van der Waals surface area contributed by atoms with E-state index in [1.807, 2.05) is 6.20 Å². The molecule has 23 nitrogen and oxygen atoms in total. The number of carboxylic acid groups (broad SMARTS) is 1. The Morgan fingerprint density at radius 1 is 0.585 bits per heavy atom. The fourth-order valence-electron chi connectivity index (χ4n) is 11.8. The number of benzene rings is 4. The zero-order valence-corrected chi connectivity index (χ0v) is 58.4. The zero-order chi connectivity index (χ0) is 67.8. The van der Waals surface area contributed by atoms with Gasteiger partial charge in [0.2, 0.25) is 11.8 Å². The number of ether oxygens (including phenoxy) is 6. The maximum absolute atomic E-state index is 14.9. The topological polar surface area (TPSA) is 251 Å². The molecule has 1 saturated heterocycles. The van der Waals surface area contributed by atoms with Gasteiger partial charge in [-0.05, 0) is 110 Å². The fraction of sp³-hybridized carbons (Fsp3) is 0.493. The van der Waals surface area contributed by atoms with Crippen LogP contribution >= 0.6 is 0 Å². The van der Waals surface area contributed by atoms with E-state index in [9.17, 15) is 38.7 Å². The van der Waals surface area contributed by atoms with Crippen molar-refractivity contribution in [2.75, 3.05) is 107 Å². The Kier molecular flexibility index (Phi) is 22.7. The molecule has 0 bridgehead atoms. The Hall–Kier alpha value is -8.24. The van der Waals surface area contributed by atoms with Gasteiger partial charge < -0.3 is 69.1 Å². The first kappa shape index (κ1) is 70.1. The third kappa shape index (κ3) is 17.0. The van der Waals surface area contributed by atoms with Gasteiger partial charge in [-0.3, -0.25) is 38.6 Å². The Balaban J connectivity index is 0.854. The number of nitrogens with one attached hydrogen (secondary N) is 3. The van der Waals surface area contributed by atoms with Gasteiger partial charge in [0.15, 0.2) is 23.0 Å². The first-order chi connectivity index (χ1) is 44.7. The predicted octanol–water partition coefficient (Wildman–Crippen LogP) is 9.65. The van der Waals surface area contributed by atoms with Crippen LogP contribution in [0.25, 0.3) is 11.1 Å². The standard InChI is InChI=1S/C69H93N9O14Si2/c1-44(2)62(72-69(85)86)64(80)70-45(3)63(79)71-50-20-16-46(17-21-50)48-34-56-67(83)77(42-89-30-32-93(7,8)9)54-38-60(58(87-5)36-52(54)65(81)75(56)40-48)91-28-14-13-15-29-92-61-39-55-53(37-59(61)88-6)66(82)76-41-49(35-57(76)68(84)78(55)43-90-31-33-94(10,11)12)47-18-22-51(23-19-47)74-26-24-73(4)25-27-74/h16-23,36-41,44-45,56-57,62,72H,13-15,24-35,42-43H2,1-12H3,(H,70,80)(H,71,79)(H,85,86)/t45-,56-,57-,62-/m0/s1. The van der Waals surface area contributed by atoms with E-state index in [2.05, 4.69) is 96.3 Å². The van der Waals surface area contributed by atoms with E-state index >= 15 is 0 Å². The molecular weight excluding hydrogens is 1230 g/mol. The third-order valence-corrected chi connectivity index (χ3v) is 21.0. The quantitative estimate of drug-likeness (QED) is 0.0292. The first-order valence-electron chi connectivity index (χ1n) is 32.5. The minimum Gasteiger partial charge on any atom is -0.493 e. The van der Waals surface area contributed by atoms with Gasteiger partial charge >= 0.3 is 6.09 Å². The number of fused-ring (bicyclic) bond motifs is 4. The van der Waals surface area contributed by atoms with Gasteiger partial charge in [-0.2, -0.15) is 0 Å². The van der Waals surface area contributed by atoms with E-state index < -0.39 is 64.1 Å². The molecule has 4 aromatic rings. The van der Waals surface area contributed by atoms with Crippen LogP contribution < -0.4 is 49.6 Å². The van der Waals surface area contributed by atoms with E-state index in [4.69, 9.17) is 28.4 Å². The molecule has 0 aromatic heterocycles. The number of methoxy groups -OCH3 is 2. The highest BCUT2D eigenvalue weighted by atomic mass is 28.3. The zero-order valence-electron chi connectivity index (χ0n) is 56.4. The molecule has 5 aliphatic heterocycles. The smallest absolute Gasteiger partial charge is 0.405 e. The Labute approximate surface area is 553 Å². The van der Waals surface area contributed by atoms with Crippen molar-refractivity contribution < 1.29 is 67.1 Å². The summed E-state index contributed by atoms with van der Waals surface area (Å²) in [5.41, 5.74) is 6.14. The van der Waals surface area contributed by atoms with Crippen molar-refractivity contribution in [2.24, 2.45) is 5.92 Å². The minimum absolute atomic E-state index is 0.0349. The molecule has 5 aliphatic rings. The van der Waals surface area contributed by atoms with E-state index in [1.54, 1.807) is 78.4 Å². The summed E-state index contributed by atoms with van der Waals surface area (Å²) in [4.78, 5) is 107. The molecule has 4 aromatic carbocycles. The van der Waals surface area contributed by atoms with E-state index in [0.717, 1.165) is 60.7 Å². The van der Waals surface area contributed by atoms with Crippen LogP contribution in [-0.2, 0) is 28.7 Å². The molecule has 0 spiro atoms. The molecule has 7 amide bonds. The molecule has 4 atom stereocenters. The highest BCUT2D eigenvalue weighted by Gasteiger charge is 2.45. The summed E-state index contributed by atoms with van der Waals surface area (Å²) in [7, 11) is 2.17. The van der Waals surface area contributed by atoms with Crippen LogP contribution in [-0.4, -0.2) is 189 Å². The average Bonchev–Trinajstić information content (AvgIpc) is 1.60. The summed E-state index contributed by atoms with van der Waals surface area (Å²) in [6, 6.07) is 20.0. The molecular formula is C69H93N9O14Si2. The second-order valence-electron chi connectivity index (χ2n) is 27.5. The summed E-state index contributed by atoms with van der Waals surface area (Å²) >= 11 is 0. The van der Waals surface area contributed by atoms with Crippen molar-refractivity contribution in [3.05, 3.63) is 107 Å². The number of hydrogen-bond acceptors (Lipinski definition) is 15. The van der Waals surface area contributed by atoms with Crippen molar-refractivity contribution in [2.45, 2.75) is 128 Å². The molecule has 9 rings (SSSR count). The normalized spacial score (nSPS) is 18.1. The number of amides is 7. The van der Waals surface area contributed by atoms with Gasteiger partial charge in [0, 0.05) is 104 Å². The van der Waals surface area contributed by atoms with Crippen LogP contribution in [0, 0.1) is 5.92 Å². The fourth-order valence-corrected chi connectivity index (χ4v) is 13.3. The number of anilines is 4. The molecule has 0 saturated carbocycles. The van der Waals surface area contributed by atoms with Crippen LogP contribution in [0.4, 0.5) is 27.5 Å². The number of carbonyl (C=O) groups is 7. The maximum Gasteiger partial charge on any atom is 0.405 e. The monoisotopic (exact) mass is 1330 g/mol. The van der Waals surface area contributed by atoms with Crippen molar-refractivity contribution in [3.8, 4) is 23.0 Å². The lowest BCUT2D eigenvalue weighted by atomic mass is 10.0. The van der Waals surface area contributed by atoms with E-state index in [0.29, 0.717) is 90.1 Å².